The minimum absolute atomic E-state index is 0.195. The quantitative estimate of drug-likeness (QED) is 0.580. The van der Waals surface area contributed by atoms with Crippen LogP contribution in [-0.4, -0.2) is 22.1 Å². The molecule has 0 bridgehead atoms. The maximum Gasteiger partial charge on any atom is 0.246 e. The second-order valence-electron chi connectivity index (χ2n) is 4.75. The monoisotopic (exact) mass is 322 g/mol. The molecule has 1 aromatic carbocycles. The molecule has 1 N–H and O–H groups in total. The lowest BCUT2D eigenvalue weighted by Gasteiger charge is -1.97. The van der Waals surface area contributed by atoms with E-state index in [4.69, 9.17) is 0 Å². The number of carbonyl (C=O) groups is 1. The first-order chi connectivity index (χ1) is 11.3. The minimum atomic E-state index is -0.195. The lowest BCUT2D eigenvalue weighted by molar-refractivity contribution is -0.120. The molecule has 3 aromatic rings. The lowest BCUT2D eigenvalue weighted by atomic mass is 10.2. The summed E-state index contributed by atoms with van der Waals surface area (Å²) in [6.45, 7) is 0. The molecule has 0 saturated heterocycles. The zero-order valence-corrected chi connectivity index (χ0v) is 13.0. The van der Waals surface area contributed by atoms with Gasteiger partial charge in [-0.1, -0.05) is 36.4 Å². The van der Waals surface area contributed by atoms with Crippen LogP contribution in [0, 0.1) is 0 Å². The number of rotatable bonds is 5. The minimum Gasteiger partial charge on any atom is -0.273 e. The Kier molecular flexibility index (Phi) is 4.85. The average Bonchev–Trinajstić information content (AvgIpc) is 3.05. The molecular weight excluding hydrogens is 308 g/mol. The Bertz CT molecular complexity index is 800. The molecule has 5 nitrogen and oxygen atoms in total. The number of aromatic nitrogens is 2. The Morgan fingerprint density at radius 2 is 2.09 bits per heavy atom. The maximum atomic E-state index is 11.9. The first-order valence-electron chi connectivity index (χ1n) is 7.03. The van der Waals surface area contributed by atoms with E-state index in [2.05, 4.69) is 20.5 Å². The number of hydrogen-bond donors (Lipinski definition) is 1. The molecule has 2 heterocycles. The van der Waals surface area contributed by atoms with Crippen LogP contribution in [-0.2, 0) is 11.2 Å². The van der Waals surface area contributed by atoms with Gasteiger partial charge in [0, 0.05) is 28.9 Å². The van der Waals surface area contributed by atoms with Gasteiger partial charge in [0.1, 0.15) is 5.01 Å². The summed E-state index contributed by atoms with van der Waals surface area (Å²) in [5, 5.41) is 6.63. The fourth-order valence-electron chi connectivity index (χ4n) is 1.94. The van der Waals surface area contributed by atoms with Gasteiger partial charge in [-0.2, -0.15) is 5.10 Å². The molecule has 23 heavy (non-hydrogen) atoms. The van der Waals surface area contributed by atoms with Crippen LogP contribution < -0.4 is 5.43 Å². The summed E-state index contributed by atoms with van der Waals surface area (Å²) in [5.74, 6) is -0.195. The Morgan fingerprint density at radius 1 is 1.22 bits per heavy atom. The van der Waals surface area contributed by atoms with E-state index in [9.17, 15) is 4.79 Å². The number of benzene rings is 1. The molecule has 114 valence electrons. The molecule has 2 aromatic heterocycles. The highest BCUT2D eigenvalue weighted by Crippen LogP contribution is 2.21. The molecule has 0 unspecified atom stereocenters. The third kappa shape index (κ3) is 4.31. The van der Waals surface area contributed by atoms with Gasteiger partial charge in [-0.15, -0.1) is 11.3 Å². The Balaban J connectivity index is 1.56. The maximum absolute atomic E-state index is 11.9. The fourth-order valence-corrected chi connectivity index (χ4v) is 2.74. The van der Waals surface area contributed by atoms with Crippen LogP contribution in [0.25, 0.3) is 11.3 Å². The number of amides is 1. The highest BCUT2D eigenvalue weighted by Gasteiger charge is 2.08. The highest BCUT2D eigenvalue weighted by atomic mass is 32.1. The summed E-state index contributed by atoms with van der Waals surface area (Å²) >= 11 is 1.47. The number of hydrogen-bond acceptors (Lipinski definition) is 5. The molecule has 0 fully saturated rings. The Labute approximate surface area is 137 Å². The topological polar surface area (TPSA) is 67.2 Å². The van der Waals surface area contributed by atoms with Crippen molar-refractivity contribution < 1.29 is 4.79 Å². The smallest absolute Gasteiger partial charge is 0.246 e. The van der Waals surface area contributed by atoms with E-state index in [1.807, 2.05) is 47.8 Å². The molecule has 3 rings (SSSR count). The van der Waals surface area contributed by atoms with Crippen molar-refractivity contribution in [2.45, 2.75) is 6.42 Å². The molecule has 0 aliphatic carbocycles. The van der Waals surface area contributed by atoms with E-state index in [0.717, 1.165) is 21.8 Å². The van der Waals surface area contributed by atoms with Crippen LogP contribution in [0.5, 0.6) is 0 Å². The molecule has 0 saturated carbocycles. The van der Waals surface area contributed by atoms with Crippen molar-refractivity contribution in [1.82, 2.24) is 15.4 Å². The van der Waals surface area contributed by atoms with Crippen molar-refractivity contribution in [2.24, 2.45) is 5.10 Å². The van der Waals surface area contributed by atoms with Crippen LogP contribution in [0.4, 0.5) is 0 Å². The standard InChI is InChI=1S/C17H14N4OS/c22-16(21-19-11-13-5-4-8-18-10-13)9-17-20-15(12-23-17)14-6-2-1-3-7-14/h1-8,10-12H,9H2,(H,21,22)/b19-11-. The van der Waals surface area contributed by atoms with Crippen molar-refractivity contribution in [3.63, 3.8) is 0 Å². The van der Waals surface area contributed by atoms with Gasteiger partial charge < -0.3 is 0 Å². The van der Waals surface area contributed by atoms with Gasteiger partial charge in [-0.05, 0) is 6.07 Å². The molecule has 6 heteroatoms. The fraction of sp³-hybridized carbons (Fsp3) is 0.0588. The third-order valence-corrected chi connectivity index (χ3v) is 3.87. The van der Waals surface area contributed by atoms with Gasteiger partial charge in [0.2, 0.25) is 5.91 Å². The number of nitrogens with zero attached hydrogens (tertiary/aromatic N) is 3. The molecule has 0 spiro atoms. The summed E-state index contributed by atoms with van der Waals surface area (Å²) in [5.41, 5.74) is 5.26. The number of nitrogens with one attached hydrogen (secondary N) is 1. The van der Waals surface area contributed by atoms with Crippen molar-refractivity contribution in [2.75, 3.05) is 0 Å². The first kappa shape index (κ1) is 15.1. The summed E-state index contributed by atoms with van der Waals surface area (Å²) < 4.78 is 0. The molecule has 0 aliphatic rings. The van der Waals surface area contributed by atoms with E-state index < -0.39 is 0 Å². The number of hydrazone groups is 1. The number of thiazole rings is 1. The summed E-state index contributed by atoms with van der Waals surface area (Å²) in [7, 11) is 0. The number of carbonyl (C=O) groups excluding carboxylic acids is 1. The highest BCUT2D eigenvalue weighted by molar-refractivity contribution is 7.10. The van der Waals surface area contributed by atoms with E-state index in [0.29, 0.717) is 0 Å². The SMILES string of the molecule is O=C(Cc1nc(-c2ccccc2)cs1)N/N=C\c1cccnc1. The lowest BCUT2D eigenvalue weighted by Crippen LogP contribution is -2.19. The van der Waals surface area contributed by atoms with Gasteiger partial charge in [0.05, 0.1) is 18.3 Å². The Morgan fingerprint density at radius 3 is 2.87 bits per heavy atom. The van der Waals surface area contributed by atoms with Gasteiger partial charge in [0.15, 0.2) is 0 Å². The van der Waals surface area contributed by atoms with Crippen LogP contribution in [0.1, 0.15) is 10.6 Å². The Hall–Kier alpha value is -2.86. The van der Waals surface area contributed by atoms with E-state index in [1.54, 1.807) is 18.6 Å². The van der Waals surface area contributed by atoms with Crippen LogP contribution in [0.2, 0.25) is 0 Å². The van der Waals surface area contributed by atoms with Gasteiger partial charge >= 0.3 is 0 Å². The predicted octanol–water partition coefficient (Wildman–Crippen LogP) is 2.90. The van der Waals surface area contributed by atoms with Crippen LogP contribution in [0.15, 0.2) is 65.3 Å². The molecule has 0 atom stereocenters. The third-order valence-electron chi connectivity index (χ3n) is 3.02. The second kappa shape index (κ2) is 7.42. The molecular formula is C17H14N4OS. The average molecular weight is 322 g/mol. The van der Waals surface area contributed by atoms with Crippen molar-refractivity contribution in [1.29, 1.82) is 0 Å². The summed E-state index contributed by atoms with van der Waals surface area (Å²) in [6.07, 6.45) is 5.12. The predicted molar refractivity (Wildman–Crippen MR) is 91.2 cm³/mol. The van der Waals surface area contributed by atoms with Gasteiger partial charge in [-0.25, -0.2) is 10.4 Å². The van der Waals surface area contributed by atoms with Crippen molar-refractivity contribution in [3.05, 3.63) is 70.8 Å². The van der Waals surface area contributed by atoms with E-state index >= 15 is 0 Å². The van der Waals surface area contributed by atoms with E-state index in [-0.39, 0.29) is 12.3 Å². The first-order valence-corrected chi connectivity index (χ1v) is 7.91. The van der Waals surface area contributed by atoms with Crippen LogP contribution in [0.3, 0.4) is 0 Å². The zero-order chi connectivity index (χ0) is 15.9. The normalized spacial score (nSPS) is 10.8. The number of pyridine rings is 1. The molecule has 1 amide bonds. The molecule has 0 aliphatic heterocycles. The molecule has 0 radical (unpaired) electrons. The largest absolute Gasteiger partial charge is 0.273 e. The second-order valence-corrected chi connectivity index (χ2v) is 5.69. The van der Waals surface area contributed by atoms with Crippen molar-refractivity contribution >= 4 is 23.5 Å². The van der Waals surface area contributed by atoms with Gasteiger partial charge in [0.25, 0.3) is 0 Å². The summed E-state index contributed by atoms with van der Waals surface area (Å²) in [4.78, 5) is 20.3. The summed E-state index contributed by atoms with van der Waals surface area (Å²) in [6, 6.07) is 13.6. The van der Waals surface area contributed by atoms with Crippen LogP contribution >= 0.6 is 11.3 Å². The van der Waals surface area contributed by atoms with Gasteiger partial charge in [-0.3, -0.25) is 9.78 Å². The zero-order valence-electron chi connectivity index (χ0n) is 12.2. The van der Waals surface area contributed by atoms with E-state index in [1.165, 1.54) is 11.3 Å². The van der Waals surface area contributed by atoms with Crippen molar-refractivity contribution in [3.8, 4) is 11.3 Å².